The molecular formula is C15H17F3N2O5S. The van der Waals surface area contributed by atoms with E-state index < -0.39 is 41.2 Å². The van der Waals surface area contributed by atoms with Gasteiger partial charge in [0, 0.05) is 6.04 Å². The van der Waals surface area contributed by atoms with Crippen molar-refractivity contribution in [2.45, 2.75) is 25.6 Å². The predicted molar refractivity (Wildman–Crippen MR) is 86.3 cm³/mol. The molecule has 0 saturated heterocycles. The van der Waals surface area contributed by atoms with Gasteiger partial charge in [0.15, 0.2) is 6.61 Å². The van der Waals surface area contributed by atoms with Crippen molar-refractivity contribution in [3.63, 3.8) is 0 Å². The lowest BCUT2D eigenvalue weighted by molar-refractivity contribution is -0.140. The molecule has 0 aromatic heterocycles. The molecule has 1 N–H and O–H groups in total. The third-order valence-electron chi connectivity index (χ3n) is 3.65. The average Bonchev–Trinajstić information content (AvgIpc) is 2.84. The van der Waals surface area contributed by atoms with Crippen LogP contribution < -0.4 is 9.62 Å². The first-order chi connectivity index (χ1) is 11.9. The highest BCUT2D eigenvalue weighted by Crippen LogP contribution is 2.34. The number of hydrogen-bond acceptors (Lipinski definition) is 5. The van der Waals surface area contributed by atoms with Crippen LogP contribution >= 0.6 is 0 Å². The van der Waals surface area contributed by atoms with Crippen molar-refractivity contribution in [3.05, 3.63) is 29.3 Å². The standard InChI is InChI=1S/C15H17F3N2O5S/c1-9-5-11-6-10(3-4-12(11)20(9)26(2,23)24)14(22)25-7-13(21)19-8-15(16,17)18/h3-4,6,9H,5,7-8H2,1-2H3,(H,19,21)/t9-/m1/s1. The van der Waals surface area contributed by atoms with Crippen molar-refractivity contribution < 1.29 is 35.9 Å². The van der Waals surface area contributed by atoms with E-state index in [4.69, 9.17) is 0 Å². The smallest absolute Gasteiger partial charge is 0.405 e. The third-order valence-corrected chi connectivity index (χ3v) is 4.92. The van der Waals surface area contributed by atoms with Gasteiger partial charge in [-0.1, -0.05) is 0 Å². The third kappa shape index (κ3) is 4.87. The number of ether oxygens (including phenoxy) is 1. The molecule has 1 atom stereocenters. The van der Waals surface area contributed by atoms with Crippen molar-refractivity contribution >= 4 is 27.6 Å². The van der Waals surface area contributed by atoms with E-state index >= 15 is 0 Å². The van der Waals surface area contributed by atoms with Crippen molar-refractivity contribution in [2.75, 3.05) is 23.7 Å². The highest BCUT2D eigenvalue weighted by Gasteiger charge is 2.33. The lowest BCUT2D eigenvalue weighted by atomic mass is 10.1. The van der Waals surface area contributed by atoms with Crippen molar-refractivity contribution in [1.82, 2.24) is 5.32 Å². The number of anilines is 1. The SMILES string of the molecule is C[C@@H]1Cc2cc(C(=O)OCC(=O)NCC(F)(F)F)ccc2N1S(C)(=O)=O. The fourth-order valence-electron chi connectivity index (χ4n) is 2.70. The summed E-state index contributed by atoms with van der Waals surface area (Å²) in [4.78, 5) is 23.2. The van der Waals surface area contributed by atoms with Crippen molar-refractivity contribution in [3.8, 4) is 0 Å². The minimum atomic E-state index is -4.55. The van der Waals surface area contributed by atoms with Gasteiger partial charge in [0.05, 0.1) is 17.5 Å². The van der Waals surface area contributed by atoms with Crippen molar-refractivity contribution in [2.24, 2.45) is 0 Å². The summed E-state index contributed by atoms with van der Waals surface area (Å²) in [6.07, 6.45) is -3.07. The summed E-state index contributed by atoms with van der Waals surface area (Å²) in [7, 11) is -3.47. The maximum absolute atomic E-state index is 12.0. The lowest BCUT2D eigenvalue weighted by Gasteiger charge is -2.21. The zero-order chi connectivity index (χ0) is 19.7. The summed E-state index contributed by atoms with van der Waals surface area (Å²) in [6, 6.07) is 3.94. The topological polar surface area (TPSA) is 92.8 Å². The molecule has 2 rings (SSSR count). The molecule has 1 aliphatic rings. The van der Waals surface area contributed by atoms with Crippen LogP contribution in [0.25, 0.3) is 0 Å². The second kappa shape index (κ2) is 7.14. The van der Waals surface area contributed by atoms with E-state index in [-0.39, 0.29) is 11.6 Å². The van der Waals surface area contributed by atoms with Crippen LogP contribution in [-0.2, 0) is 26.0 Å². The van der Waals surface area contributed by atoms with Crippen LogP contribution in [-0.4, -0.2) is 51.9 Å². The number of nitrogens with one attached hydrogen (secondary N) is 1. The molecule has 0 unspecified atom stereocenters. The molecule has 144 valence electrons. The van der Waals surface area contributed by atoms with E-state index in [2.05, 4.69) is 4.74 Å². The average molecular weight is 394 g/mol. The Morgan fingerprint density at radius 1 is 1.35 bits per heavy atom. The molecule has 0 radical (unpaired) electrons. The largest absolute Gasteiger partial charge is 0.452 e. The van der Waals surface area contributed by atoms with Crippen LogP contribution in [0.1, 0.15) is 22.8 Å². The zero-order valence-electron chi connectivity index (χ0n) is 14.0. The fraction of sp³-hybridized carbons (Fsp3) is 0.467. The van der Waals surface area contributed by atoms with Gasteiger partial charge in [-0.3, -0.25) is 9.10 Å². The molecule has 1 aliphatic heterocycles. The van der Waals surface area contributed by atoms with Gasteiger partial charge >= 0.3 is 12.1 Å². The van der Waals surface area contributed by atoms with Gasteiger partial charge in [-0.05, 0) is 37.1 Å². The highest BCUT2D eigenvalue weighted by atomic mass is 32.2. The Kier molecular flexibility index (Phi) is 5.49. The number of sulfonamides is 1. The molecule has 0 aliphatic carbocycles. The first kappa shape index (κ1) is 20.0. The molecule has 11 heteroatoms. The van der Waals surface area contributed by atoms with Crippen LogP contribution in [0, 0.1) is 0 Å². The second-order valence-corrected chi connectivity index (χ2v) is 7.78. The Hall–Kier alpha value is -2.30. The normalized spacial score (nSPS) is 17.0. The monoisotopic (exact) mass is 394 g/mol. The quantitative estimate of drug-likeness (QED) is 0.759. The highest BCUT2D eigenvalue weighted by molar-refractivity contribution is 7.92. The molecule has 1 aromatic rings. The summed E-state index contributed by atoms with van der Waals surface area (Å²) in [5.74, 6) is -1.96. The van der Waals surface area contributed by atoms with Gasteiger partial charge in [0.1, 0.15) is 6.54 Å². The maximum Gasteiger partial charge on any atom is 0.405 e. The number of esters is 1. The van der Waals surface area contributed by atoms with Gasteiger partial charge in [-0.15, -0.1) is 0 Å². The first-order valence-electron chi connectivity index (χ1n) is 7.51. The van der Waals surface area contributed by atoms with Crippen LogP contribution in [0.3, 0.4) is 0 Å². The summed E-state index contributed by atoms with van der Waals surface area (Å²) >= 11 is 0. The van der Waals surface area contributed by atoms with Crippen LogP contribution in [0.15, 0.2) is 18.2 Å². The summed E-state index contributed by atoms with van der Waals surface area (Å²) in [5.41, 5.74) is 1.16. The molecule has 26 heavy (non-hydrogen) atoms. The number of hydrogen-bond donors (Lipinski definition) is 1. The maximum atomic E-state index is 12.0. The molecule has 0 saturated carbocycles. The van der Waals surface area contributed by atoms with Gasteiger partial charge < -0.3 is 10.1 Å². The Balaban J connectivity index is 2.02. The Morgan fingerprint density at radius 3 is 2.58 bits per heavy atom. The van der Waals surface area contributed by atoms with E-state index in [1.165, 1.54) is 22.5 Å². The molecule has 1 heterocycles. The zero-order valence-corrected chi connectivity index (χ0v) is 14.8. The molecule has 0 fully saturated rings. The number of carbonyl (C=O) groups excluding carboxylic acids is 2. The number of halogens is 3. The molecule has 7 nitrogen and oxygen atoms in total. The van der Waals surface area contributed by atoms with Crippen molar-refractivity contribution in [1.29, 1.82) is 0 Å². The molecule has 0 spiro atoms. The van der Waals surface area contributed by atoms with E-state index in [1.807, 2.05) is 0 Å². The van der Waals surface area contributed by atoms with Gasteiger partial charge in [-0.2, -0.15) is 13.2 Å². The summed E-state index contributed by atoms with van der Waals surface area (Å²) in [5, 5.41) is 1.58. The molecule has 1 amide bonds. The number of nitrogens with zero attached hydrogens (tertiary/aromatic N) is 1. The van der Waals surface area contributed by atoms with E-state index in [1.54, 1.807) is 12.2 Å². The summed E-state index contributed by atoms with van der Waals surface area (Å²) in [6.45, 7) is -0.636. The minimum absolute atomic E-state index is 0.0786. The Morgan fingerprint density at radius 2 is 2.00 bits per heavy atom. The lowest BCUT2D eigenvalue weighted by Crippen LogP contribution is -2.36. The number of alkyl halides is 3. The van der Waals surface area contributed by atoms with Gasteiger partial charge in [0.25, 0.3) is 5.91 Å². The van der Waals surface area contributed by atoms with E-state index in [0.29, 0.717) is 17.7 Å². The molecule has 0 bridgehead atoms. The molecular weight excluding hydrogens is 377 g/mol. The number of benzene rings is 1. The van der Waals surface area contributed by atoms with E-state index in [0.717, 1.165) is 6.26 Å². The first-order valence-corrected chi connectivity index (χ1v) is 9.36. The van der Waals surface area contributed by atoms with Crippen LogP contribution in [0.4, 0.5) is 18.9 Å². The predicted octanol–water partition coefficient (Wildman–Crippen LogP) is 1.23. The number of rotatable bonds is 5. The Labute approximate surface area is 148 Å². The van der Waals surface area contributed by atoms with E-state index in [9.17, 15) is 31.2 Å². The second-order valence-electron chi connectivity index (χ2n) is 5.92. The summed E-state index contributed by atoms with van der Waals surface area (Å²) < 4.78 is 65.6. The van der Waals surface area contributed by atoms with Gasteiger partial charge in [-0.25, -0.2) is 13.2 Å². The number of fused-ring (bicyclic) bond motifs is 1. The van der Waals surface area contributed by atoms with Gasteiger partial charge in [0.2, 0.25) is 10.0 Å². The Bertz CT molecular complexity index is 823. The molecule has 1 aromatic carbocycles. The fourth-order valence-corrected chi connectivity index (χ4v) is 3.96. The number of carbonyl (C=O) groups is 2. The van der Waals surface area contributed by atoms with Crippen LogP contribution in [0.5, 0.6) is 0 Å². The van der Waals surface area contributed by atoms with Crippen LogP contribution in [0.2, 0.25) is 0 Å². The number of amides is 1. The minimum Gasteiger partial charge on any atom is -0.452 e.